The van der Waals surface area contributed by atoms with E-state index >= 15 is 0 Å². The van der Waals surface area contributed by atoms with Gasteiger partial charge in [-0.05, 0) is 66.1 Å². The Morgan fingerprint density at radius 1 is 0.696 bits per heavy atom. The molecule has 1 N–H and O–H groups in total. The quantitative estimate of drug-likeness (QED) is 0.189. The molecule has 0 spiro atoms. The monoisotopic (exact) mass is 778 g/mol. The summed E-state index contributed by atoms with van der Waals surface area (Å²) in [7, 11) is 0. The Labute approximate surface area is 279 Å². The average molecular weight is 779 g/mol. The number of aromatic carboxylic acids is 1. The number of hydrogen-bond acceptors (Lipinski definition) is 3. The number of hydrogen-bond donors (Lipinski definition) is 1. The molecule has 226 valence electrons. The van der Waals surface area contributed by atoms with Crippen molar-refractivity contribution in [2.45, 2.75) is 13.8 Å². The zero-order valence-electron chi connectivity index (χ0n) is 25.0. The van der Waals surface area contributed by atoms with Crippen molar-refractivity contribution in [3.05, 3.63) is 138 Å². The third kappa shape index (κ3) is 4.92. The smallest absolute Gasteiger partial charge is 0.354 e. The van der Waals surface area contributed by atoms with E-state index in [1.54, 1.807) is 6.07 Å². The van der Waals surface area contributed by atoms with Crippen LogP contribution in [0, 0.1) is 13.8 Å². The Morgan fingerprint density at radius 3 is 2.15 bits per heavy atom. The fraction of sp³-hybridized carbons (Fsp3) is 0.0513. The van der Waals surface area contributed by atoms with Gasteiger partial charge in [0.25, 0.3) is 0 Å². The molecule has 8 aromatic rings. The predicted octanol–water partition coefficient (Wildman–Crippen LogP) is 9.00. The Morgan fingerprint density at radius 2 is 1.37 bits per heavy atom. The zero-order chi connectivity index (χ0) is 30.7. The number of carboxylic acid groups (broad SMARTS) is 1. The summed E-state index contributed by atoms with van der Waals surface area (Å²) < 4.78 is 2.15. The van der Waals surface area contributed by atoms with Crippen molar-refractivity contribution in [1.29, 1.82) is 0 Å². The first-order valence-electron chi connectivity index (χ1n) is 14.8. The van der Waals surface area contributed by atoms with Crippen molar-refractivity contribution in [2.24, 2.45) is 0 Å². The van der Waals surface area contributed by atoms with Crippen LogP contribution in [0.4, 0.5) is 0 Å². The minimum Gasteiger partial charge on any atom is -0.656 e. The van der Waals surface area contributed by atoms with Gasteiger partial charge >= 0.3 is 5.97 Å². The van der Waals surface area contributed by atoms with Crippen LogP contribution in [0.3, 0.4) is 0 Å². The molecule has 3 aromatic heterocycles. The number of nitrogens with zero attached hydrogens (tertiary/aromatic N) is 4. The van der Waals surface area contributed by atoms with Gasteiger partial charge in [0.15, 0.2) is 0 Å². The van der Waals surface area contributed by atoms with Crippen molar-refractivity contribution in [3.8, 4) is 39.5 Å². The van der Waals surface area contributed by atoms with Gasteiger partial charge in [0.2, 0.25) is 0 Å². The summed E-state index contributed by atoms with van der Waals surface area (Å²) in [6.07, 6.45) is 0. The molecular weight excluding hydrogens is 752 g/mol. The maximum atomic E-state index is 12.3. The second-order valence-electron chi connectivity index (χ2n) is 11.4. The number of para-hydroxylation sites is 4. The molecule has 8 rings (SSSR count). The van der Waals surface area contributed by atoms with Gasteiger partial charge in [0.1, 0.15) is 11.5 Å². The van der Waals surface area contributed by atoms with E-state index in [9.17, 15) is 9.90 Å². The molecule has 0 saturated carbocycles. The zero-order valence-corrected chi connectivity index (χ0v) is 27.3. The molecule has 0 fully saturated rings. The van der Waals surface area contributed by atoms with E-state index in [4.69, 9.17) is 9.97 Å². The van der Waals surface area contributed by atoms with Gasteiger partial charge in [0, 0.05) is 37.9 Å². The van der Waals surface area contributed by atoms with E-state index in [0.717, 1.165) is 77.7 Å². The first-order chi connectivity index (χ1) is 21.9. The van der Waals surface area contributed by atoms with E-state index in [1.165, 1.54) is 0 Å². The maximum Gasteiger partial charge on any atom is 0.354 e. The maximum absolute atomic E-state index is 12.3. The first-order valence-corrected chi connectivity index (χ1v) is 14.8. The third-order valence-electron chi connectivity index (χ3n) is 8.28. The molecule has 0 saturated heterocycles. The molecule has 0 radical (unpaired) electrons. The molecule has 0 unspecified atom stereocenters. The summed E-state index contributed by atoms with van der Waals surface area (Å²) in [4.78, 5) is 27.3. The molecule has 6 nitrogen and oxygen atoms in total. The van der Waals surface area contributed by atoms with Gasteiger partial charge in [-0.1, -0.05) is 102 Å². The van der Waals surface area contributed by atoms with Crippen molar-refractivity contribution < 1.29 is 31.0 Å². The van der Waals surface area contributed by atoms with Crippen LogP contribution in [-0.4, -0.2) is 25.6 Å². The summed E-state index contributed by atoms with van der Waals surface area (Å²) in [5, 5.41) is 12.2. The van der Waals surface area contributed by atoms with Crippen molar-refractivity contribution in [1.82, 2.24) is 19.5 Å². The second kappa shape index (κ2) is 11.6. The number of imidazole rings is 1. The number of pyridine rings is 1. The van der Waals surface area contributed by atoms with Crippen LogP contribution in [0.25, 0.3) is 72.3 Å². The molecular formula is C39H27N4O2Pt-. The minimum atomic E-state index is -1.08. The SMILES string of the molecule is Cc1cc(C)cc(-c2cc(C(=O)O)nc(-c3cccc4c3nc(-c3cccc5c3[n-]c3ccccc35)n4-c3ccccc3)c2)c1.[Pt]. The van der Waals surface area contributed by atoms with Crippen molar-refractivity contribution in [3.63, 3.8) is 0 Å². The summed E-state index contributed by atoms with van der Waals surface area (Å²) in [6.45, 7) is 4.08. The first kappa shape index (κ1) is 29.4. The molecule has 0 amide bonds. The Balaban J connectivity index is 0.00000338. The molecule has 0 bridgehead atoms. The minimum absolute atomic E-state index is 0. The fourth-order valence-electron chi connectivity index (χ4n) is 6.39. The molecule has 7 heteroatoms. The van der Waals surface area contributed by atoms with Crippen LogP contribution in [0.1, 0.15) is 21.6 Å². The number of aryl methyl sites for hydroxylation is 2. The number of rotatable bonds is 5. The van der Waals surface area contributed by atoms with Crippen molar-refractivity contribution >= 4 is 38.8 Å². The standard InChI is InChI=1S/C39H28N4O2.Pt/c1-23-18-24(2)20-25(19-23)26-21-33(40-34(22-26)39(44)45)30-14-9-17-35-37(30)42-38(43(35)27-10-4-3-5-11-27)31-15-8-13-29-28-12-6-7-16-32(28)41-36(29)31;/h3-22H,1-2H3,(H2,40,41,42,44,45);/p-1. The van der Waals surface area contributed by atoms with Crippen LogP contribution in [0.5, 0.6) is 0 Å². The molecule has 46 heavy (non-hydrogen) atoms. The van der Waals surface area contributed by atoms with E-state index < -0.39 is 5.97 Å². The van der Waals surface area contributed by atoms with Crippen LogP contribution in [-0.2, 0) is 21.1 Å². The predicted molar refractivity (Wildman–Crippen MR) is 180 cm³/mol. The van der Waals surface area contributed by atoms with Crippen LogP contribution in [0.15, 0.2) is 121 Å². The van der Waals surface area contributed by atoms with E-state index in [-0.39, 0.29) is 26.8 Å². The third-order valence-corrected chi connectivity index (χ3v) is 8.28. The Hall–Kier alpha value is -5.32. The van der Waals surface area contributed by atoms with E-state index in [2.05, 4.69) is 64.1 Å². The second-order valence-corrected chi connectivity index (χ2v) is 11.4. The summed E-state index contributed by atoms with van der Waals surface area (Å²) >= 11 is 0. The van der Waals surface area contributed by atoms with Gasteiger partial charge in [-0.3, -0.25) is 4.57 Å². The molecule has 0 aliphatic rings. The van der Waals surface area contributed by atoms with Crippen LogP contribution >= 0.6 is 0 Å². The molecule has 0 aliphatic heterocycles. The number of aromatic nitrogens is 4. The number of carbonyl (C=O) groups is 1. The van der Waals surface area contributed by atoms with Gasteiger partial charge in [-0.15, -0.1) is 11.0 Å². The molecule has 5 aromatic carbocycles. The fourth-order valence-corrected chi connectivity index (χ4v) is 6.39. The average Bonchev–Trinajstić information content (AvgIpc) is 3.63. The number of benzene rings is 5. The Bertz CT molecular complexity index is 2420. The molecule has 0 atom stereocenters. The molecule has 0 aliphatic carbocycles. The van der Waals surface area contributed by atoms with Gasteiger partial charge < -0.3 is 10.1 Å². The summed E-state index contributed by atoms with van der Waals surface area (Å²) in [5.41, 5.74) is 10.6. The summed E-state index contributed by atoms with van der Waals surface area (Å²) in [5.74, 6) is -0.327. The largest absolute Gasteiger partial charge is 0.656 e. The van der Waals surface area contributed by atoms with Crippen LogP contribution < -0.4 is 4.98 Å². The number of fused-ring (bicyclic) bond motifs is 4. The van der Waals surface area contributed by atoms with E-state index in [1.807, 2.05) is 74.5 Å². The van der Waals surface area contributed by atoms with Gasteiger partial charge in [0.05, 0.1) is 16.7 Å². The van der Waals surface area contributed by atoms with Gasteiger partial charge in [-0.25, -0.2) is 14.8 Å². The summed E-state index contributed by atoms with van der Waals surface area (Å²) in [6, 6.07) is 40.4. The normalized spacial score (nSPS) is 11.3. The van der Waals surface area contributed by atoms with Crippen LogP contribution in [0.2, 0.25) is 0 Å². The topological polar surface area (TPSA) is 82.1 Å². The Kier molecular flexibility index (Phi) is 7.38. The molecule has 3 heterocycles. The van der Waals surface area contributed by atoms with E-state index in [0.29, 0.717) is 5.69 Å². The number of carboxylic acids is 1. The van der Waals surface area contributed by atoms with Gasteiger partial charge in [-0.2, -0.15) is 0 Å². The van der Waals surface area contributed by atoms with Crippen molar-refractivity contribution in [2.75, 3.05) is 0 Å².